The monoisotopic (exact) mass is 382 g/mol. The van der Waals surface area contributed by atoms with Gasteiger partial charge in [0.15, 0.2) is 0 Å². The van der Waals surface area contributed by atoms with E-state index in [0.717, 1.165) is 7.11 Å². The van der Waals surface area contributed by atoms with Crippen molar-refractivity contribution in [2.75, 3.05) is 54.6 Å². The smallest absolute Gasteiger partial charge is 0.333 e. The summed E-state index contributed by atoms with van der Waals surface area (Å²) in [7, 11) is 5.93. The van der Waals surface area contributed by atoms with Gasteiger partial charge in [-0.15, -0.1) is 0 Å². The second-order valence-corrected chi connectivity index (χ2v) is 4.12. The van der Waals surface area contributed by atoms with E-state index >= 15 is 0 Å². The quantitative estimate of drug-likeness (QED) is 0.294. The van der Waals surface area contributed by atoms with Gasteiger partial charge in [0.1, 0.15) is 6.61 Å². The topological polar surface area (TPSA) is 117 Å². The molecule has 0 heterocycles. The van der Waals surface area contributed by atoms with Crippen molar-refractivity contribution in [3.8, 4) is 0 Å². The van der Waals surface area contributed by atoms with Crippen molar-refractivity contribution in [2.45, 2.75) is 28.7 Å². The maximum Gasteiger partial charge on any atom is 0.333 e. The van der Waals surface area contributed by atoms with E-state index in [4.69, 9.17) is 14.9 Å². The van der Waals surface area contributed by atoms with Crippen molar-refractivity contribution in [2.24, 2.45) is 0 Å². The number of ether oxygens (including phenoxy) is 2. The summed E-state index contributed by atoms with van der Waals surface area (Å²) in [4.78, 5) is 20.9. The van der Waals surface area contributed by atoms with Crippen molar-refractivity contribution in [1.29, 1.82) is 0 Å². The van der Waals surface area contributed by atoms with Crippen molar-refractivity contribution in [3.63, 3.8) is 0 Å². The number of hydrogen-bond acceptors (Lipinski definition) is 8. The van der Waals surface area contributed by atoms with Crippen LogP contribution in [0, 0.1) is 0 Å². The molecule has 0 aromatic rings. The molecule has 8 nitrogen and oxygen atoms in total. The van der Waals surface area contributed by atoms with Crippen molar-refractivity contribution >= 4 is 11.9 Å². The highest BCUT2D eigenvalue weighted by Crippen LogP contribution is 1.90. The van der Waals surface area contributed by atoms with Crippen LogP contribution in [-0.4, -0.2) is 76.8 Å². The lowest BCUT2D eigenvalue weighted by Crippen LogP contribution is -2.17. The van der Waals surface area contributed by atoms with Crippen molar-refractivity contribution in [3.05, 3.63) is 24.3 Å². The zero-order valence-corrected chi connectivity index (χ0v) is 15.8. The van der Waals surface area contributed by atoms with E-state index in [0.29, 0.717) is 30.8 Å². The zero-order valence-electron chi connectivity index (χ0n) is 15.8. The lowest BCUT2D eigenvalue weighted by molar-refractivity contribution is -0.139. The molecular formula is C18H42N2O6. The molecule has 0 aromatic heterocycles. The Morgan fingerprint density at radius 2 is 1.31 bits per heavy atom. The van der Waals surface area contributed by atoms with Crippen LogP contribution in [0.2, 0.25) is 0 Å². The maximum atomic E-state index is 10.7. The summed E-state index contributed by atoms with van der Waals surface area (Å²) in [6, 6.07) is 0. The third-order valence-corrected chi connectivity index (χ3v) is 1.83. The molecule has 0 saturated heterocycles. The highest BCUT2D eigenvalue weighted by atomic mass is 16.5. The molecule has 0 amide bonds. The first kappa shape index (κ1) is 39.4. The molecule has 0 aliphatic rings. The van der Waals surface area contributed by atoms with E-state index < -0.39 is 0 Å². The van der Waals surface area contributed by atoms with Crippen LogP contribution >= 0.6 is 0 Å². The van der Waals surface area contributed by atoms with Gasteiger partial charge in [0.2, 0.25) is 0 Å². The second kappa shape index (κ2) is 34.6. The minimum atomic E-state index is -0.347. The van der Waals surface area contributed by atoms with Gasteiger partial charge in [-0.2, -0.15) is 0 Å². The highest BCUT2D eigenvalue weighted by Gasteiger charge is 2.00. The molecule has 0 aliphatic carbocycles. The molecular weight excluding hydrogens is 340 g/mol. The number of rotatable bonds is 7. The van der Waals surface area contributed by atoms with Crippen LogP contribution in [0.15, 0.2) is 24.3 Å². The minimum Gasteiger partial charge on any atom is -0.466 e. The molecule has 26 heavy (non-hydrogen) atoms. The van der Waals surface area contributed by atoms with Gasteiger partial charge < -0.3 is 30.3 Å². The minimum absolute atomic E-state index is 0. The van der Waals surface area contributed by atoms with E-state index in [9.17, 15) is 9.59 Å². The van der Waals surface area contributed by atoms with Gasteiger partial charge in [-0.3, -0.25) is 0 Å². The van der Waals surface area contributed by atoms with Crippen LogP contribution in [0.3, 0.4) is 0 Å². The number of esters is 2. The third-order valence-electron chi connectivity index (χ3n) is 1.83. The van der Waals surface area contributed by atoms with E-state index in [1.54, 1.807) is 27.9 Å². The summed E-state index contributed by atoms with van der Waals surface area (Å²) in [6.45, 7) is 12.0. The molecule has 0 atom stereocenters. The molecule has 0 rings (SSSR count). The molecule has 0 bridgehead atoms. The fourth-order valence-corrected chi connectivity index (χ4v) is 0.655. The normalized spacial score (nSPS) is 7.38. The van der Waals surface area contributed by atoms with Gasteiger partial charge in [0.05, 0.1) is 13.7 Å². The number of aliphatic hydroxyl groups is 2. The van der Waals surface area contributed by atoms with E-state index in [1.165, 1.54) is 7.11 Å². The third kappa shape index (κ3) is 43.2. The average Bonchev–Trinajstić information content (AvgIpc) is 2.57. The molecule has 0 saturated carbocycles. The first-order valence-corrected chi connectivity index (χ1v) is 7.19. The van der Waals surface area contributed by atoms with E-state index in [2.05, 4.69) is 28.5 Å². The zero-order chi connectivity index (χ0) is 20.0. The SMILES string of the molecule is C.C.C=C(C)C(=O)OC.C=C(C)C(=O)OCCNC.CNCCO.CO. The summed E-state index contributed by atoms with van der Waals surface area (Å²) < 4.78 is 9.02. The number of likely N-dealkylation sites (N-methyl/N-ethyl adjacent to an activating group) is 2. The lowest BCUT2D eigenvalue weighted by atomic mass is 10.4. The van der Waals surface area contributed by atoms with Gasteiger partial charge in [0.25, 0.3) is 0 Å². The summed E-state index contributed by atoms with van der Waals surface area (Å²) >= 11 is 0. The van der Waals surface area contributed by atoms with Crippen molar-refractivity contribution in [1.82, 2.24) is 10.6 Å². The molecule has 0 spiro atoms. The second-order valence-electron chi connectivity index (χ2n) is 4.12. The number of methoxy groups -OCH3 is 1. The fraction of sp³-hybridized carbons (Fsp3) is 0.667. The molecule has 0 aromatic carbocycles. The van der Waals surface area contributed by atoms with Crippen LogP contribution in [0.5, 0.6) is 0 Å². The number of carbonyl (C=O) groups excluding carboxylic acids is 2. The van der Waals surface area contributed by atoms with Crippen LogP contribution in [0.25, 0.3) is 0 Å². The largest absolute Gasteiger partial charge is 0.466 e. The molecule has 0 aliphatic heterocycles. The fourth-order valence-electron chi connectivity index (χ4n) is 0.655. The van der Waals surface area contributed by atoms with Crippen LogP contribution in [-0.2, 0) is 19.1 Å². The van der Waals surface area contributed by atoms with Crippen LogP contribution in [0.1, 0.15) is 28.7 Å². The van der Waals surface area contributed by atoms with E-state index in [1.807, 2.05) is 0 Å². The Morgan fingerprint density at radius 3 is 1.46 bits per heavy atom. The number of nitrogens with one attached hydrogen (secondary N) is 2. The van der Waals surface area contributed by atoms with Gasteiger partial charge in [-0.25, -0.2) is 9.59 Å². The van der Waals surface area contributed by atoms with Crippen LogP contribution < -0.4 is 10.6 Å². The molecule has 0 radical (unpaired) electrons. The Balaban J connectivity index is -0.0000000555. The summed E-state index contributed by atoms with van der Waals surface area (Å²) in [5.41, 5.74) is 0.874. The average molecular weight is 383 g/mol. The van der Waals surface area contributed by atoms with Gasteiger partial charge in [-0.05, 0) is 27.9 Å². The summed E-state index contributed by atoms with van der Waals surface area (Å²) in [5.74, 6) is -0.671. The van der Waals surface area contributed by atoms with Gasteiger partial charge in [0, 0.05) is 31.3 Å². The predicted molar refractivity (Wildman–Crippen MR) is 109 cm³/mol. The summed E-state index contributed by atoms with van der Waals surface area (Å²) in [6.07, 6.45) is 0. The Hall–Kier alpha value is -1.74. The standard InChI is InChI=1S/C7H13NO2.C5H8O2.C3H9NO.CH4O.2CH4/c1-6(2)7(9)10-5-4-8-3;1-4(2)5(6)7-3;1-4-2-3-5;1-2;;/h8H,1,4-5H2,2-3H3;1H2,2-3H3;4-5H,2-3H2,1H3;2H,1H3;2*1H4. The van der Waals surface area contributed by atoms with Gasteiger partial charge >= 0.3 is 11.9 Å². The Labute approximate surface area is 160 Å². The Bertz CT molecular complexity index is 332. The van der Waals surface area contributed by atoms with Gasteiger partial charge in [-0.1, -0.05) is 28.0 Å². The highest BCUT2D eigenvalue weighted by molar-refractivity contribution is 5.87. The molecule has 0 fully saturated rings. The maximum absolute atomic E-state index is 10.7. The Morgan fingerprint density at radius 1 is 0.923 bits per heavy atom. The Kier molecular flexibility index (Phi) is 52.3. The predicted octanol–water partition coefficient (Wildman–Crippen LogP) is 1.14. The first-order chi connectivity index (χ1) is 11.3. The molecule has 160 valence electrons. The first-order valence-electron chi connectivity index (χ1n) is 7.19. The molecule has 0 unspecified atom stereocenters. The van der Waals surface area contributed by atoms with Crippen molar-refractivity contribution < 1.29 is 29.3 Å². The number of aliphatic hydroxyl groups excluding tert-OH is 2. The van der Waals surface area contributed by atoms with Crippen LogP contribution in [0.4, 0.5) is 0 Å². The summed E-state index contributed by atoms with van der Waals surface area (Å²) in [5, 5.41) is 20.6. The number of hydrogen-bond donors (Lipinski definition) is 4. The van der Waals surface area contributed by atoms with E-state index in [-0.39, 0.29) is 33.4 Å². The number of carbonyl (C=O) groups is 2. The molecule has 8 heteroatoms. The molecule has 4 N–H and O–H groups in total. The lowest BCUT2D eigenvalue weighted by Gasteiger charge is -2.01.